The fraction of sp³-hybridized carbons (Fsp3) is 0.412. The molecule has 0 amide bonds. The summed E-state index contributed by atoms with van der Waals surface area (Å²) in [6.45, 7) is 10.2. The van der Waals surface area contributed by atoms with Gasteiger partial charge in [-0.1, -0.05) is 13.8 Å². The number of aryl methyl sites for hydroxylation is 1. The number of nitrogens with zero attached hydrogens (tertiary/aromatic N) is 1. The Morgan fingerprint density at radius 1 is 0.774 bits per heavy atom. The van der Waals surface area contributed by atoms with Crippen LogP contribution in [0.1, 0.15) is 47.1 Å². The van der Waals surface area contributed by atoms with E-state index in [0.29, 0.717) is 0 Å². The normalized spacial score (nSPS) is 7.97. The van der Waals surface area contributed by atoms with E-state index in [1.54, 1.807) is 24.3 Å². The van der Waals surface area contributed by atoms with E-state index >= 15 is 0 Å². The second-order valence-corrected chi connectivity index (χ2v) is 9.45. The molecule has 1 rings (SSSR count). The number of carboxylic acids is 4. The average Bonchev–Trinajstić information content (AvgIpc) is 2.55. The standard InChI is InChI=1S/C7H7NO2S.4C2H4O2.C2H6.S.W/c1-6-2-4-7(5-3-6)11(8,9)10;4*1-2(3)4;1-2;;/h2-5H,1H3;4*1H3,(H,3,4);1-2H3;;. The molecule has 0 fully saturated rings. The molecule has 180 valence electrons. The van der Waals surface area contributed by atoms with E-state index < -0.39 is 50.5 Å². The summed E-state index contributed by atoms with van der Waals surface area (Å²) in [6.07, 6.45) is 0. The fourth-order valence-electron chi connectivity index (χ4n) is 0.793. The Morgan fingerprint density at radius 2 is 1.00 bits per heavy atom. The molecule has 1 aromatic rings. The van der Waals surface area contributed by atoms with Crippen LogP contribution in [0.25, 0.3) is 0 Å². The van der Waals surface area contributed by atoms with E-state index in [2.05, 4.69) is 12.7 Å². The Bertz CT molecular complexity index is 739. The molecule has 4 N–H and O–H groups in total. The number of benzene rings is 1. The zero-order valence-electron chi connectivity index (χ0n) is 18.2. The topological polar surface area (TPSA) is 196 Å². The van der Waals surface area contributed by atoms with Crippen LogP contribution in [0, 0.1) is 6.92 Å². The van der Waals surface area contributed by atoms with Crippen molar-refractivity contribution in [3.8, 4) is 0 Å². The van der Waals surface area contributed by atoms with Gasteiger partial charge in [0, 0.05) is 27.7 Å². The summed E-state index contributed by atoms with van der Waals surface area (Å²) in [5.41, 5.74) is 1.03. The van der Waals surface area contributed by atoms with Crippen LogP contribution in [0.5, 0.6) is 0 Å². The summed E-state index contributed by atoms with van der Waals surface area (Å²) in [5.74, 6) is -3.33. The van der Waals surface area contributed by atoms with Crippen molar-refractivity contribution < 1.29 is 64.6 Å². The fourth-order valence-corrected chi connectivity index (χ4v) is 5.20. The van der Waals surface area contributed by atoms with E-state index in [1.807, 2.05) is 20.8 Å². The molecule has 0 heterocycles. The molecule has 1 aromatic carbocycles. The second kappa shape index (κ2) is 25.8. The maximum absolute atomic E-state index is 11.4. The van der Waals surface area contributed by atoms with Crippen molar-refractivity contribution in [1.29, 1.82) is 0 Å². The average molecular weight is 655 g/mol. The van der Waals surface area contributed by atoms with Crippen LogP contribution in [0.15, 0.2) is 32.1 Å². The molecule has 0 aliphatic heterocycles. The van der Waals surface area contributed by atoms with E-state index in [-0.39, 0.29) is 4.90 Å². The van der Waals surface area contributed by atoms with Gasteiger partial charge in [0.05, 0.1) is 0 Å². The van der Waals surface area contributed by atoms with Gasteiger partial charge in [-0.2, -0.15) is 0 Å². The maximum atomic E-state index is 11.4. The van der Waals surface area contributed by atoms with Gasteiger partial charge < -0.3 is 20.4 Å². The molecular formula is C17H29NO10S2W. The molecule has 0 aromatic heterocycles. The predicted molar refractivity (Wildman–Crippen MR) is 113 cm³/mol. The van der Waals surface area contributed by atoms with Gasteiger partial charge >= 0.3 is 89.4 Å². The van der Waals surface area contributed by atoms with Gasteiger partial charge in [0.25, 0.3) is 23.9 Å². The molecule has 0 saturated heterocycles. The monoisotopic (exact) mass is 655 g/mol. The van der Waals surface area contributed by atoms with Crippen LogP contribution in [-0.2, 0) is 45.8 Å². The Hall–Kier alpha value is -2.24. The number of carbonyl (C=O) groups is 4. The van der Waals surface area contributed by atoms with Gasteiger partial charge in [0.2, 0.25) is 0 Å². The van der Waals surface area contributed by atoms with E-state index in [9.17, 15) is 8.42 Å². The number of hydrogen-bond acceptors (Lipinski definition) is 7. The molecule has 11 nitrogen and oxygen atoms in total. The summed E-state index contributed by atoms with van der Waals surface area (Å²) in [7, 11) is 1.21. The van der Waals surface area contributed by atoms with Gasteiger partial charge in [0.15, 0.2) is 0 Å². The van der Waals surface area contributed by atoms with Gasteiger partial charge in [0.1, 0.15) is 0 Å². The molecule has 31 heavy (non-hydrogen) atoms. The number of sulfonamides is 1. The zero-order chi connectivity index (χ0) is 26.2. The van der Waals surface area contributed by atoms with Crippen molar-refractivity contribution >= 4 is 43.7 Å². The number of hydrogen-bond donors (Lipinski definition) is 4. The summed E-state index contributed by atoms with van der Waals surface area (Å²) >= 11 is -1.44. The molecule has 0 unspecified atom stereocenters. The quantitative estimate of drug-likeness (QED) is 0.364. The summed E-state index contributed by atoms with van der Waals surface area (Å²) in [5, 5.41) is 29.7. The second-order valence-electron chi connectivity index (χ2n) is 4.51. The Kier molecular flexibility index (Phi) is 32.7. The molecule has 14 heteroatoms. The molecule has 0 saturated carbocycles. The molecular weight excluding hydrogens is 626 g/mol. The number of aliphatic carboxylic acids is 4. The summed E-state index contributed by atoms with van der Waals surface area (Å²) in [4.78, 5) is 36.2. The molecule has 0 bridgehead atoms. The minimum absolute atomic E-state index is 0.239. The van der Waals surface area contributed by atoms with Crippen molar-refractivity contribution in [2.75, 3.05) is 0 Å². The van der Waals surface area contributed by atoms with Crippen molar-refractivity contribution in [2.45, 2.75) is 53.4 Å². The molecule has 0 aliphatic carbocycles. The van der Waals surface area contributed by atoms with Crippen molar-refractivity contribution in [2.24, 2.45) is 2.90 Å². The third-order valence-corrected chi connectivity index (χ3v) is 6.84. The van der Waals surface area contributed by atoms with E-state index in [0.717, 1.165) is 33.3 Å². The SMILES string of the molecule is CC.CC(=O)O.CC(=O)O.CC(=O)O.CC(=O)O.Cc1ccc(S(=O)(=O)[N]=[W]=[S])cc1. The molecule has 0 atom stereocenters. The summed E-state index contributed by atoms with van der Waals surface area (Å²) in [6, 6.07) is 6.60. The van der Waals surface area contributed by atoms with Crippen molar-refractivity contribution in [1.82, 2.24) is 0 Å². The van der Waals surface area contributed by atoms with Crippen LogP contribution in [0.4, 0.5) is 0 Å². The first-order chi connectivity index (χ1) is 14.0. The first-order valence-corrected chi connectivity index (χ1v) is 14.8. The third kappa shape index (κ3) is 58.4. The number of rotatable bonds is 2. The Morgan fingerprint density at radius 3 is 1.19 bits per heavy atom. The number of carboxylic acid groups (broad SMARTS) is 4. The summed E-state index contributed by atoms with van der Waals surface area (Å²) < 4.78 is 26.2. The predicted octanol–water partition coefficient (Wildman–Crippen LogP) is 3.45. The van der Waals surface area contributed by atoms with Gasteiger partial charge in [-0.05, 0) is 0 Å². The first-order valence-electron chi connectivity index (χ1n) is 8.10. The van der Waals surface area contributed by atoms with Gasteiger partial charge in [-0.3, -0.25) is 19.2 Å². The van der Waals surface area contributed by atoms with Crippen LogP contribution < -0.4 is 0 Å². The van der Waals surface area contributed by atoms with Gasteiger partial charge in [-0.25, -0.2) is 0 Å². The van der Waals surface area contributed by atoms with Crippen LogP contribution in [0.2, 0.25) is 0 Å². The third-order valence-electron chi connectivity index (χ3n) is 1.45. The van der Waals surface area contributed by atoms with Crippen molar-refractivity contribution in [3.05, 3.63) is 29.8 Å². The van der Waals surface area contributed by atoms with Crippen LogP contribution in [-0.4, -0.2) is 52.7 Å². The van der Waals surface area contributed by atoms with Crippen molar-refractivity contribution in [3.63, 3.8) is 0 Å². The van der Waals surface area contributed by atoms with Crippen LogP contribution in [0.3, 0.4) is 0 Å². The van der Waals surface area contributed by atoms with E-state index in [4.69, 9.17) is 39.6 Å². The first kappa shape index (κ1) is 39.3. The van der Waals surface area contributed by atoms with Crippen LogP contribution >= 0.6 is 9.82 Å². The van der Waals surface area contributed by atoms with Gasteiger partial charge in [-0.15, -0.1) is 0 Å². The zero-order valence-corrected chi connectivity index (χ0v) is 22.8. The molecule has 0 spiro atoms. The minimum atomic E-state index is -3.43. The Balaban J connectivity index is -0.000000104. The van der Waals surface area contributed by atoms with E-state index in [1.165, 1.54) is 0 Å². The Labute approximate surface area is 194 Å². The molecule has 0 aliphatic rings. The molecule has 0 radical (unpaired) electrons.